The molecule has 0 atom stereocenters. The number of amides is 1. The minimum atomic E-state index is -2.88. The minimum Gasteiger partial charge on any atom is -0.464 e. The van der Waals surface area contributed by atoms with Gasteiger partial charge in [-0.05, 0) is 11.6 Å². The molecule has 94 valence electrons. The Morgan fingerprint density at radius 1 is 1.28 bits per heavy atom. The summed E-state index contributed by atoms with van der Waals surface area (Å²) >= 11 is 0. The maximum atomic E-state index is 11.1. The quantitative estimate of drug-likeness (QED) is 0.474. The predicted molar refractivity (Wildman–Crippen MR) is 57.4 cm³/mol. The molecule has 0 unspecified atom stereocenters. The Morgan fingerprint density at radius 3 is 2.33 bits per heavy atom. The summed E-state index contributed by atoms with van der Waals surface area (Å²) < 4.78 is 0. The van der Waals surface area contributed by atoms with E-state index in [1.165, 1.54) is 24.3 Å². The fourth-order valence-electron chi connectivity index (χ4n) is 2.02. The van der Waals surface area contributed by atoms with E-state index in [9.17, 15) is 25.0 Å². The van der Waals surface area contributed by atoms with Crippen LogP contribution >= 0.6 is 0 Å². The van der Waals surface area contributed by atoms with Crippen LogP contribution in [0.25, 0.3) is 0 Å². The maximum Gasteiger partial charge on any atom is 0.556 e. The van der Waals surface area contributed by atoms with E-state index in [-0.39, 0.29) is 16.2 Å². The molecule has 2 rings (SSSR count). The molecule has 1 N–H and O–H groups in total. The highest BCUT2D eigenvalue weighted by molar-refractivity contribution is 5.90. The molecule has 0 saturated heterocycles. The summed E-state index contributed by atoms with van der Waals surface area (Å²) in [5.41, 5.74) is 0.228. The van der Waals surface area contributed by atoms with Crippen molar-refractivity contribution in [3.05, 3.63) is 50.1 Å². The van der Waals surface area contributed by atoms with Gasteiger partial charge in [-0.3, -0.25) is 20.2 Å². The summed E-state index contributed by atoms with van der Waals surface area (Å²) in [5, 5.41) is 31.0. The van der Waals surface area contributed by atoms with Gasteiger partial charge in [0.15, 0.2) is 0 Å². The smallest absolute Gasteiger partial charge is 0.464 e. The number of para-hydroxylation sites is 1. The van der Waals surface area contributed by atoms with Crippen molar-refractivity contribution in [2.75, 3.05) is 4.90 Å². The van der Waals surface area contributed by atoms with Gasteiger partial charge in [-0.2, -0.15) is 0 Å². The standard InChI is InChI=1S/C9H7N3O6/c13-8(14)10-7-4-2-1-3-6(7)5-9(10,11(15)16)12(17)18/h1-4H,5H2,(H,13,14). The van der Waals surface area contributed by atoms with Gasteiger partial charge in [0.05, 0.1) is 5.69 Å². The molecule has 1 aliphatic rings. The fourth-order valence-corrected chi connectivity index (χ4v) is 2.02. The van der Waals surface area contributed by atoms with Crippen LogP contribution in [0.1, 0.15) is 5.56 Å². The molecule has 18 heavy (non-hydrogen) atoms. The normalized spacial score (nSPS) is 16.1. The molecular formula is C9H7N3O6. The first-order valence-electron chi connectivity index (χ1n) is 4.81. The summed E-state index contributed by atoms with van der Waals surface area (Å²) in [4.78, 5) is 31.0. The second kappa shape index (κ2) is 3.65. The molecule has 0 radical (unpaired) electrons. The summed E-state index contributed by atoms with van der Waals surface area (Å²) in [6.07, 6.45) is -2.32. The molecule has 0 bridgehead atoms. The molecule has 9 heteroatoms. The maximum absolute atomic E-state index is 11.1. The number of nitrogens with zero attached hydrogens (tertiary/aromatic N) is 3. The van der Waals surface area contributed by atoms with Gasteiger partial charge in [-0.25, -0.2) is 4.79 Å². The number of carboxylic acid groups (broad SMARTS) is 1. The first-order chi connectivity index (χ1) is 8.41. The Balaban J connectivity index is 2.69. The van der Waals surface area contributed by atoms with Gasteiger partial charge in [0.1, 0.15) is 16.3 Å². The third kappa shape index (κ3) is 1.30. The van der Waals surface area contributed by atoms with Crippen LogP contribution in [0.5, 0.6) is 0 Å². The Hall–Kier alpha value is -2.71. The van der Waals surface area contributed by atoms with Crippen molar-refractivity contribution in [2.45, 2.75) is 12.2 Å². The average Bonchev–Trinajstić information content (AvgIpc) is 2.64. The van der Waals surface area contributed by atoms with Gasteiger partial charge in [0.2, 0.25) is 0 Å². The lowest BCUT2D eigenvalue weighted by Crippen LogP contribution is -2.60. The van der Waals surface area contributed by atoms with E-state index in [2.05, 4.69) is 0 Å². The second-order valence-corrected chi connectivity index (χ2v) is 3.71. The van der Waals surface area contributed by atoms with Crippen LogP contribution < -0.4 is 4.90 Å². The zero-order valence-electron chi connectivity index (χ0n) is 8.85. The Morgan fingerprint density at radius 2 is 1.83 bits per heavy atom. The summed E-state index contributed by atoms with van der Waals surface area (Å²) in [5.74, 6) is -2.88. The van der Waals surface area contributed by atoms with Gasteiger partial charge in [0.25, 0.3) is 0 Å². The van der Waals surface area contributed by atoms with E-state index in [1.807, 2.05) is 0 Å². The third-order valence-corrected chi connectivity index (χ3v) is 2.79. The van der Waals surface area contributed by atoms with Crippen molar-refractivity contribution in [1.82, 2.24) is 0 Å². The van der Waals surface area contributed by atoms with Crippen molar-refractivity contribution in [1.29, 1.82) is 0 Å². The van der Waals surface area contributed by atoms with E-state index in [0.29, 0.717) is 0 Å². The molecule has 1 heterocycles. The first kappa shape index (κ1) is 11.8. The van der Waals surface area contributed by atoms with E-state index < -0.39 is 28.1 Å². The van der Waals surface area contributed by atoms with E-state index >= 15 is 0 Å². The van der Waals surface area contributed by atoms with Crippen molar-refractivity contribution >= 4 is 11.8 Å². The number of hydrogen-bond donors (Lipinski definition) is 1. The zero-order chi connectivity index (χ0) is 13.5. The largest absolute Gasteiger partial charge is 0.556 e. The predicted octanol–water partition coefficient (Wildman–Crippen LogP) is 0.934. The summed E-state index contributed by atoms with van der Waals surface area (Å²) in [7, 11) is 0. The van der Waals surface area contributed by atoms with Crippen LogP contribution in [0.2, 0.25) is 0 Å². The van der Waals surface area contributed by atoms with Crippen LogP contribution in [-0.4, -0.2) is 26.8 Å². The van der Waals surface area contributed by atoms with Gasteiger partial charge in [-0.15, -0.1) is 4.90 Å². The monoisotopic (exact) mass is 253 g/mol. The lowest BCUT2D eigenvalue weighted by molar-refractivity contribution is -0.792. The van der Waals surface area contributed by atoms with Crippen molar-refractivity contribution < 1.29 is 19.7 Å². The van der Waals surface area contributed by atoms with Crippen LogP contribution in [0.4, 0.5) is 10.5 Å². The van der Waals surface area contributed by atoms with Crippen LogP contribution in [0, 0.1) is 20.2 Å². The summed E-state index contributed by atoms with van der Waals surface area (Å²) in [6.45, 7) is 0. The Kier molecular flexibility index (Phi) is 2.39. The number of nitro groups is 2. The van der Waals surface area contributed by atoms with Crippen LogP contribution in [0.15, 0.2) is 24.3 Å². The molecule has 0 aromatic heterocycles. The van der Waals surface area contributed by atoms with Crippen LogP contribution in [-0.2, 0) is 6.42 Å². The molecule has 0 spiro atoms. The molecule has 1 aromatic carbocycles. The van der Waals surface area contributed by atoms with Crippen molar-refractivity contribution in [3.63, 3.8) is 0 Å². The molecule has 0 aliphatic carbocycles. The molecule has 9 nitrogen and oxygen atoms in total. The Labute approximate surface area is 99.5 Å². The number of hydrogen-bond acceptors (Lipinski definition) is 5. The lowest BCUT2D eigenvalue weighted by Gasteiger charge is -2.20. The highest BCUT2D eigenvalue weighted by Crippen LogP contribution is 2.39. The average molecular weight is 253 g/mol. The Bertz CT molecular complexity index is 543. The van der Waals surface area contributed by atoms with Gasteiger partial charge in [-0.1, -0.05) is 18.2 Å². The number of rotatable bonds is 2. The molecule has 1 aromatic rings. The summed E-state index contributed by atoms with van der Waals surface area (Å²) in [6, 6.07) is 5.73. The van der Waals surface area contributed by atoms with Crippen molar-refractivity contribution in [3.8, 4) is 0 Å². The minimum absolute atomic E-state index is 0.0293. The number of benzene rings is 1. The van der Waals surface area contributed by atoms with Gasteiger partial charge in [0, 0.05) is 0 Å². The van der Waals surface area contributed by atoms with Gasteiger partial charge >= 0.3 is 11.9 Å². The van der Waals surface area contributed by atoms with E-state index in [0.717, 1.165) is 0 Å². The fraction of sp³-hybridized carbons (Fsp3) is 0.222. The number of fused-ring (bicyclic) bond motifs is 1. The molecule has 1 amide bonds. The second-order valence-electron chi connectivity index (χ2n) is 3.71. The number of carbonyl (C=O) groups is 1. The molecule has 1 aliphatic heterocycles. The SMILES string of the molecule is O=C(O)N1c2ccccc2CC1([N+](=O)[O-])[N+](=O)[O-]. The topological polar surface area (TPSA) is 127 Å². The highest BCUT2D eigenvalue weighted by Gasteiger charge is 2.69. The third-order valence-electron chi connectivity index (χ3n) is 2.79. The van der Waals surface area contributed by atoms with Crippen LogP contribution in [0.3, 0.4) is 0 Å². The zero-order valence-corrected chi connectivity index (χ0v) is 8.85. The van der Waals surface area contributed by atoms with Crippen molar-refractivity contribution in [2.24, 2.45) is 0 Å². The molecular weight excluding hydrogens is 246 g/mol. The number of anilines is 1. The molecule has 0 fully saturated rings. The van der Waals surface area contributed by atoms with E-state index in [4.69, 9.17) is 5.11 Å². The highest BCUT2D eigenvalue weighted by atomic mass is 16.7. The van der Waals surface area contributed by atoms with E-state index in [1.54, 1.807) is 0 Å². The van der Waals surface area contributed by atoms with Gasteiger partial charge < -0.3 is 5.11 Å². The molecule has 0 saturated carbocycles. The first-order valence-corrected chi connectivity index (χ1v) is 4.81. The lowest BCUT2D eigenvalue weighted by atomic mass is 10.1.